The molecule has 145 heavy (non-hydrogen) atoms. The third-order valence-electron chi connectivity index (χ3n) is 34.8. The molecule has 18 unspecified atom stereocenters. The van der Waals surface area contributed by atoms with E-state index < -0.39 is 111 Å². The van der Waals surface area contributed by atoms with E-state index in [2.05, 4.69) is 27.7 Å². The number of unbranched alkanes of at least 4 members (excludes halogenated alkanes) is 88. The Balaban J connectivity index is 1.21. The number of ether oxygens (including phenoxy) is 5. The quantitative estimate of drug-likeness (QED) is 0.0209. The zero-order chi connectivity index (χ0) is 104. The molecule has 0 bridgehead atoms. The van der Waals surface area contributed by atoms with E-state index in [1.54, 1.807) is 0 Å². The van der Waals surface area contributed by atoms with Gasteiger partial charge >= 0.3 is 11.9 Å². The Morgan fingerprint density at radius 3 is 0.531 bits per heavy atom. The van der Waals surface area contributed by atoms with Gasteiger partial charge in [0.1, 0.15) is 62.0 Å². The molecule has 0 aromatic carbocycles. The lowest BCUT2D eigenvalue weighted by molar-refractivity contribution is -0.376. The van der Waals surface area contributed by atoms with Crippen molar-refractivity contribution in [2.24, 2.45) is 35.5 Å². The van der Waals surface area contributed by atoms with E-state index in [0.717, 1.165) is 126 Å². The molecule has 2 aliphatic heterocycles. The number of esters is 2. The monoisotopic (exact) mass is 2050 g/mol. The van der Waals surface area contributed by atoms with Crippen LogP contribution in [0.25, 0.3) is 0 Å². The second kappa shape index (κ2) is 99.3. The van der Waals surface area contributed by atoms with Gasteiger partial charge in [-0.2, -0.15) is 0 Å². The standard InChI is InChI=1S/C130H250O15/c1-5-9-13-17-21-25-29-33-37-41-43-45-47-49-51-53-57-61-65-71-81-89-97-105-117(131)116(104-96-88-80-74-73-78-86-94-102-114-108-112(114)100-92-84-76-68-63-59-55-40-36-32-28-24-20-16-12-8-4)128(140)142-110-120-122(134)124(136)126(138)130(144-120)145-129-125(137)123(135)121(133)119(143-129)109-141-127(139)115(103-95-87-79-70-64-60-56-52-50-48-46-44-42-38-34-30-26-22-18-14-10-6-2)118(132)106-98-90-82-72-66-69-77-85-93-101-113-107-111(113)99-91-83-75-67-62-58-54-39-35-31-27-23-19-15-11-7-3/h111-126,129-138H,5-110H2,1-4H3. The summed E-state index contributed by atoms with van der Waals surface area (Å²) in [6, 6.07) is 0. The lowest BCUT2D eigenvalue weighted by atomic mass is 9.91. The maximum absolute atomic E-state index is 14.3. The van der Waals surface area contributed by atoms with Crippen molar-refractivity contribution in [1.29, 1.82) is 0 Å². The average Bonchev–Trinajstić information content (AvgIpc) is 1.79. The van der Waals surface area contributed by atoms with Crippen LogP contribution in [-0.2, 0) is 33.3 Å². The Kier molecular flexibility index (Phi) is 93.0. The van der Waals surface area contributed by atoms with Crippen molar-refractivity contribution in [3.05, 3.63) is 0 Å². The molecule has 860 valence electrons. The third-order valence-corrected chi connectivity index (χ3v) is 34.8. The Morgan fingerprint density at radius 1 is 0.207 bits per heavy atom. The van der Waals surface area contributed by atoms with Gasteiger partial charge in [0, 0.05) is 0 Å². The average molecular weight is 2050 g/mol. The fourth-order valence-corrected chi connectivity index (χ4v) is 24.2. The van der Waals surface area contributed by atoms with Crippen LogP contribution in [0, 0.1) is 35.5 Å². The zero-order valence-corrected chi connectivity index (χ0v) is 96.8. The van der Waals surface area contributed by atoms with Crippen LogP contribution in [0.1, 0.15) is 695 Å². The first-order valence-corrected chi connectivity index (χ1v) is 66.0. The van der Waals surface area contributed by atoms with Crippen molar-refractivity contribution in [3.63, 3.8) is 0 Å². The molecule has 8 N–H and O–H groups in total. The second-order valence-corrected chi connectivity index (χ2v) is 48.4. The number of hydrogen-bond acceptors (Lipinski definition) is 15. The second-order valence-electron chi connectivity index (χ2n) is 48.4. The Bertz CT molecular complexity index is 2710. The first-order valence-electron chi connectivity index (χ1n) is 66.0. The van der Waals surface area contributed by atoms with Gasteiger partial charge in [0.25, 0.3) is 0 Å². The van der Waals surface area contributed by atoms with Crippen LogP contribution >= 0.6 is 0 Å². The van der Waals surface area contributed by atoms with Gasteiger partial charge in [-0.05, 0) is 62.2 Å². The molecule has 4 rings (SSSR count). The molecular formula is C130H250O15. The number of aliphatic hydroxyl groups excluding tert-OH is 8. The van der Waals surface area contributed by atoms with Gasteiger partial charge in [-0.15, -0.1) is 0 Å². The number of carbonyl (C=O) groups is 2. The molecule has 0 radical (unpaired) electrons. The molecule has 0 aromatic rings. The molecule has 4 aliphatic rings. The van der Waals surface area contributed by atoms with Crippen LogP contribution in [0.3, 0.4) is 0 Å². The molecule has 2 saturated carbocycles. The van der Waals surface area contributed by atoms with E-state index in [1.807, 2.05) is 0 Å². The van der Waals surface area contributed by atoms with Crippen LogP contribution in [0.4, 0.5) is 0 Å². The highest BCUT2D eigenvalue weighted by Crippen LogP contribution is 2.47. The minimum absolute atomic E-state index is 0.434. The normalized spacial score (nSPS) is 21.9. The molecule has 2 aliphatic carbocycles. The van der Waals surface area contributed by atoms with Gasteiger partial charge in [-0.1, -0.05) is 657 Å². The Morgan fingerprint density at radius 2 is 0.359 bits per heavy atom. The van der Waals surface area contributed by atoms with Gasteiger partial charge in [0.05, 0.1) is 24.0 Å². The van der Waals surface area contributed by atoms with Crippen LogP contribution in [0.2, 0.25) is 0 Å². The number of aliphatic hydroxyl groups is 8. The SMILES string of the molecule is CCCCCCCCCCCCCCCCCCCCCCCCCC(O)C(CCCCCCCCCCC1CC1CCCCCCCCCCCCCCCCCC)C(=O)OCC1OC(OC2OC(COC(=O)C(CCCCCCCCCCCCCCCCCCCCCCCC)C(O)CCCCCCCCCCCC3CC3CCCCCCCCCCCCCCCCCC)C(O)C(O)C2O)C(O)C(O)C1O. The van der Waals surface area contributed by atoms with Crippen LogP contribution in [0.15, 0.2) is 0 Å². The molecule has 0 spiro atoms. The largest absolute Gasteiger partial charge is 0.463 e. The lowest BCUT2D eigenvalue weighted by Crippen LogP contribution is -2.64. The summed E-state index contributed by atoms with van der Waals surface area (Å²) in [4.78, 5) is 28.7. The van der Waals surface area contributed by atoms with Gasteiger partial charge in [-0.25, -0.2) is 0 Å². The summed E-state index contributed by atoms with van der Waals surface area (Å²) >= 11 is 0. The molecule has 15 nitrogen and oxygen atoms in total. The number of carbonyl (C=O) groups excluding carboxylic acids is 2. The van der Waals surface area contributed by atoms with Crippen molar-refractivity contribution < 1.29 is 74.1 Å². The van der Waals surface area contributed by atoms with Crippen LogP contribution in [-0.4, -0.2) is 140 Å². The first-order chi connectivity index (χ1) is 71.3. The minimum Gasteiger partial charge on any atom is -0.463 e. The summed E-state index contributed by atoms with van der Waals surface area (Å²) in [5.74, 6) is 1.00. The van der Waals surface area contributed by atoms with Gasteiger partial charge in [0.15, 0.2) is 12.6 Å². The molecule has 2 saturated heterocycles. The van der Waals surface area contributed by atoms with Crippen molar-refractivity contribution in [2.75, 3.05) is 13.2 Å². The van der Waals surface area contributed by atoms with Gasteiger partial charge < -0.3 is 64.5 Å². The summed E-state index contributed by atoms with van der Waals surface area (Å²) in [5.41, 5.74) is 0. The molecule has 0 amide bonds. The maximum Gasteiger partial charge on any atom is 0.311 e. The van der Waals surface area contributed by atoms with Crippen molar-refractivity contribution in [2.45, 2.75) is 769 Å². The molecule has 2 heterocycles. The predicted octanol–water partition coefficient (Wildman–Crippen LogP) is 36.8. The fraction of sp³-hybridized carbons (Fsp3) is 0.985. The van der Waals surface area contributed by atoms with E-state index in [-0.39, 0.29) is 0 Å². The summed E-state index contributed by atoms with van der Waals surface area (Å²) < 4.78 is 30.0. The number of rotatable bonds is 114. The lowest BCUT2D eigenvalue weighted by Gasteiger charge is -2.44. The predicted molar refractivity (Wildman–Crippen MR) is 612 cm³/mol. The zero-order valence-electron chi connectivity index (χ0n) is 96.8. The smallest absolute Gasteiger partial charge is 0.311 e. The summed E-state index contributed by atoms with van der Waals surface area (Å²) in [6.07, 6.45) is 114. The van der Waals surface area contributed by atoms with Crippen molar-refractivity contribution in [1.82, 2.24) is 0 Å². The fourth-order valence-electron chi connectivity index (χ4n) is 24.2. The molecule has 0 aromatic heterocycles. The maximum atomic E-state index is 14.3. The van der Waals surface area contributed by atoms with Crippen molar-refractivity contribution >= 4 is 11.9 Å². The highest BCUT2D eigenvalue weighted by Gasteiger charge is 2.51. The summed E-state index contributed by atoms with van der Waals surface area (Å²) in [7, 11) is 0. The third kappa shape index (κ3) is 75.9. The van der Waals surface area contributed by atoms with E-state index in [1.165, 1.54) is 539 Å². The van der Waals surface area contributed by atoms with Crippen LogP contribution in [0.5, 0.6) is 0 Å². The topological polar surface area (TPSA) is 242 Å². The summed E-state index contributed by atoms with van der Waals surface area (Å²) in [5, 5.41) is 91.9. The van der Waals surface area contributed by atoms with E-state index in [4.69, 9.17) is 23.7 Å². The highest BCUT2D eigenvalue weighted by atomic mass is 16.8. The Labute approximate surface area is 898 Å². The van der Waals surface area contributed by atoms with E-state index in [9.17, 15) is 50.4 Å². The van der Waals surface area contributed by atoms with Crippen LogP contribution < -0.4 is 0 Å². The molecule has 15 heteroatoms. The van der Waals surface area contributed by atoms with Gasteiger partial charge in [0.2, 0.25) is 0 Å². The molecular weight excluding hydrogens is 1800 g/mol. The van der Waals surface area contributed by atoms with E-state index in [0.29, 0.717) is 25.7 Å². The Hall–Kier alpha value is -1.50. The minimum atomic E-state index is -1.90. The summed E-state index contributed by atoms with van der Waals surface area (Å²) in [6.45, 7) is 8.08. The van der Waals surface area contributed by atoms with Crippen molar-refractivity contribution in [3.8, 4) is 0 Å². The van der Waals surface area contributed by atoms with E-state index >= 15 is 0 Å². The molecule has 18 atom stereocenters. The first kappa shape index (κ1) is 136. The number of hydrogen-bond donors (Lipinski definition) is 8. The molecule has 4 fully saturated rings. The highest BCUT2D eigenvalue weighted by molar-refractivity contribution is 5.73. The van der Waals surface area contributed by atoms with Gasteiger partial charge in [-0.3, -0.25) is 9.59 Å².